The number of hydrogen-bond donors (Lipinski definition) is 1. The van der Waals surface area contributed by atoms with Crippen LogP contribution in [0.5, 0.6) is 0 Å². The molecule has 0 radical (unpaired) electrons. The Hall–Kier alpha value is -1.24. The third-order valence-electron chi connectivity index (χ3n) is 1.69. The second-order valence-electron chi connectivity index (χ2n) is 2.74. The molecule has 0 saturated carbocycles. The fourth-order valence-electron chi connectivity index (χ4n) is 0.843. The van der Waals surface area contributed by atoms with Gasteiger partial charge in [-0.05, 0) is 25.5 Å². The Balaban J connectivity index is 2.98. The molecule has 2 N–H and O–H groups in total. The smallest absolute Gasteiger partial charge is 0.0343 e. The summed E-state index contributed by atoms with van der Waals surface area (Å²) >= 11 is 0. The van der Waals surface area contributed by atoms with Crippen LogP contribution in [0, 0.1) is 0 Å². The zero-order chi connectivity index (χ0) is 8.27. The van der Waals surface area contributed by atoms with Gasteiger partial charge in [-0.2, -0.15) is 0 Å². The molecule has 0 aliphatic heterocycles. The van der Waals surface area contributed by atoms with E-state index in [-0.39, 0.29) is 0 Å². The lowest BCUT2D eigenvalue weighted by Crippen LogP contribution is -1.98. The molecule has 11 heavy (non-hydrogen) atoms. The van der Waals surface area contributed by atoms with E-state index in [0.29, 0.717) is 0 Å². The van der Waals surface area contributed by atoms with Crippen LogP contribution >= 0.6 is 0 Å². The third-order valence-corrected chi connectivity index (χ3v) is 1.69. The van der Waals surface area contributed by atoms with Crippen LogP contribution in [0.25, 0.3) is 0 Å². The van der Waals surface area contributed by atoms with Crippen LogP contribution in [0.3, 0.4) is 0 Å². The molecule has 0 amide bonds. The average molecular weight is 147 g/mol. The fraction of sp³-hybridized carbons (Fsp3) is 0.200. The van der Waals surface area contributed by atoms with Crippen molar-refractivity contribution >= 4 is 0 Å². The second kappa shape index (κ2) is 3.24. The first-order valence-corrected chi connectivity index (χ1v) is 3.69. The van der Waals surface area contributed by atoms with Crippen molar-refractivity contribution in [2.45, 2.75) is 13.8 Å². The van der Waals surface area contributed by atoms with Gasteiger partial charge in [0.15, 0.2) is 0 Å². The van der Waals surface area contributed by atoms with E-state index in [2.05, 4.69) is 13.0 Å². The van der Waals surface area contributed by atoms with E-state index in [1.807, 2.05) is 31.2 Å². The van der Waals surface area contributed by atoms with Crippen LogP contribution in [0.4, 0.5) is 0 Å². The highest BCUT2D eigenvalue weighted by molar-refractivity contribution is 5.38. The fourth-order valence-corrected chi connectivity index (χ4v) is 0.843. The molecule has 0 unspecified atom stereocenters. The van der Waals surface area contributed by atoms with Crippen molar-refractivity contribution in [3.05, 3.63) is 47.2 Å². The van der Waals surface area contributed by atoms with Gasteiger partial charge in [-0.3, -0.25) is 0 Å². The lowest BCUT2D eigenvalue weighted by molar-refractivity contribution is 1.28. The third kappa shape index (κ3) is 2.11. The minimum absolute atomic E-state index is 0.838. The van der Waals surface area contributed by atoms with E-state index in [9.17, 15) is 0 Å². The predicted molar refractivity (Wildman–Crippen MR) is 48.9 cm³/mol. The van der Waals surface area contributed by atoms with Crippen LogP contribution in [0.15, 0.2) is 47.2 Å². The molecule has 0 aromatic rings. The Morgan fingerprint density at radius 3 is 2.55 bits per heavy atom. The Kier molecular flexibility index (Phi) is 2.32. The highest BCUT2D eigenvalue weighted by atomic mass is 14.6. The molecule has 0 fully saturated rings. The molecule has 1 aliphatic carbocycles. The maximum absolute atomic E-state index is 5.71. The maximum Gasteiger partial charge on any atom is 0.0343 e. The number of allylic oxidation sites excluding steroid dienone is 7. The Labute approximate surface area is 67.6 Å². The molecular weight excluding hydrogens is 134 g/mol. The van der Waals surface area contributed by atoms with Crippen molar-refractivity contribution in [2.75, 3.05) is 0 Å². The summed E-state index contributed by atoms with van der Waals surface area (Å²) < 4.78 is 0. The summed E-state index contributed by atoms with van der Waals surface area (Å²) in [5, 5.41) is 0. The van der Waals surface area contributed by atoms with E-state index < -0.39 is 0 Å². The lowest BCUT2D eigenvalue weighted by Gasteiger charge is -2.01. The normalized spacial score (nSPS) is 17.8. The Morgan fingerprint density at radius 1 is 1.09 bits per heavy atom. The van der Waals surface area contributed by atoms with Crippen molar-refractivity contribution in [2.24, 2.45) is 5.73 Å². The van der Waals surface area contributed by atoms with Gasteiger partial charge in [-0.1, -0.05) is 29.9 Å². The molecule has 0 atom stereocenters. The zero-order valence-electron chi connectivity index (χ0n) is 6.96. The molecule has 0 heterocycles. The molecule has 0 saturated heterocycles. The summed E-state index contributed by atoms with van der Waals surface area (Å²) in [5.41, 5.74) is 8.91. The van der Waals surface area contributed by atoms with Gasteiger partial charge < -0.3 is 5.73 Å². The summed E-state index contributed by atoms with van der Waals surface area (Å²) in [6.07, 6.45) is 10.0. The first kappa shape index (κ1) is 7.86. The van der Waals surface area contributed by atoms with Gasteiger partial charge in [0.05, 0.1) is 0 Å². The minimum Gasteiger partial charge on any atom is -0.399 e. The Bertz CT molecular complexity index is 265. The minimum atomic E-state index is 0.838. The standard InChI is InChI=1S/C10H13N/c1-8-4-3-5-10(11)9(2)7-6-8/h3-7H,11H2,1-2H3. The van der Waals surface area contributed by atoms with E-state index in [4.69, 9.17) is 5.73 Å². The molecule has 0 bridgehead atoms. The number of nitrogens with two attached hydrogens (primary N) is 1. The first-order valence-electron chi connectivity index (χ1n) is 3.69. The summed E-state index contributed by atoms with van der Waals surface area (Å²) in [6.45, 7) is 4.07. The van der Waals surface area contributed by atoms with Gasteiger partial charge >= 0.3 is 0 Å². The maximum atomic E-state index is 5.71. The first-order chi connectivity index (χ1) is 5.20. The van der Waals surface area contributed by atoms with Crippen LogP contribution in [-0.4, -0.2) is 0 Å². The summed E-state index contributed by atoms with van der Waals surface area (Å²) in [4.78, 5) is 0. The van der Waals surface area contributed by atoms with Gasteiger partial charge in [-0.15, -0.1) is 0 Å². The SMILES string of the molecule is CC1=CC=C(C)C(N)=CC=C1. The van der Waals surface area contributed by atoms with Gasteiger partial charge in [0.1, 0.15) is 0 Å². The highest BCUT2D eigenvalue weighted by Crippen LogP contribution is 2.08. The van der Waals surface area contributed by atoms with Crippen LogP contribution in [0.2, 0.25) is 0 Å². The van der Waals surface area contributed by atoms with Gasteiger partial charge in [-0.25, -0.2) is 0 Å². The van der Waals surface area contributed by atoms with E-state index in [1.165, 1.54) is 5.57 Å². The monoisotopic (exact) mass is 147 g/mol. The van der Waals surface area contributed by atoms with Crippen molar-refractivity contribution in [3.63, 3.8) is 0 Å². The average Bonchev–Trinajstić information content (AvgIpc) is 1.98. The molecular formula is C10H13N. The van der Waals surface area contributed by atoms with Gasteiger partial charge in [0.25, 0.3) is 0 Å². The highest BCUT2D eigenvalue weighted by Gasteiger charge is 1.92. The van der Waals surface area contributed by atoms with Crippen molar-refractivity contribution in [1.29, 1.82) is 0 Å². The number of rotatable bonds is 0. The van der Waals surface area contributed by atoms with Crippen molar-refractivity contribution in [1.82, 2.24) is 0 Å². The van der Waals surface area contributed by atoms with E-state index in [1.54, 1.807) is 0 Å². The molecule has 0 spiro atoms. The topological polar surface area (TPSA) is 26.0 Å². The summed E-state index contributed by atoms with van der Waals surface area (Å²) in [6, 6.07) is 0. The van der Waals surface area contributed by atoms with E-state index >= 15 is 0 Å². The molecule has 1 nitrogen and oxygen atoms in total. The quantitative estimate of drug-likeness (QED) is 0.559. The predicted octanol–water partition coefficient (Wildman–Crippen LogP) is 2.29. The zero-order valence-corrected chi connectivity index (χ0v) is 6.96. The molecule has 0 aromatic carbocycles. The molecule has 58 valence electrons. The summed E-state index contributed by atoms with van der Waals surface area (Å²) in [7, 11) is 0. The largest absolute Gasteiger partial charge is 0.399 e. The van der Waals surface area contributed by atoms with Crippen LogP contribution in [0.1, 0.15) is 13.8 Å². The van der Waals surface area contributed by atoms with E-state index in [0.717, 1.165) is 11.3 Å². The van der Waals surface area contributed by atoms with Gasteiger partial charge in [0, 0.05) is 5.70 Å². The summed E-state index contributed by atoms with van der Waals surface area (Å²) in [5.74, 6) is 0. The Morgan fingerprint density at radius 2 is 1.82 bits per heavy atom. The molecule has 1 rings (SSSR count). The van der Waals surface area contributed by atoms with Gasteiger partial charge in [0.2, 0.25) is 0 Å². The van der Waals surface area contributed by atoms with Crippen molar-refractivity contribution in [3.8, 4) is 0 Å². The molecule has 1 aliphatic rings. The molecule has 1 heteroatoms. The van der Waals surface area contributed by atoms with Crippen LogP contribution in [-0.2, 0) is 0 Å². The lowest BCUT2D eigenvalue weighted by atomic mass is 10.1. The van der Waals surface area contributed by atoms with Crippen LogP contribution < -0.4 is 5.73 Å². The number of hydrogen-bond acceptors (Lipinski definition) is 1. The van der Waals surface area contributed by atoms with Crippen molar-refractivity contribution < 1.29 is 0 Å². The molecule has 0 aromatic heterocycles. The second-order valence-corrected chi connectivity index (χ2v) is 2.74.